The van der Waals surface area contributed by atoms with E-state index in [0.29, 0.717) is 12.5 Å². The first-order valence-corrected chi connectivity index (χ1v) is 8.72. The van der Waals surface area contributed by atoms with Gasteiger partial charge in [0.05, 0.1) is 6.54 Å². The van der Waals surface area contributed by atoms with Crippen molar-refractivity contribution in [3.8, 4) is 0 Å². The molecule has 0 aliphatic heterocycles. The van der Waals surface area contributed by atoms with Gasteiger partial charge in [-0.3, -0.25) is 4.79 Å². The van der Waals surface area contributed by atoms with Gasteiger partial charge in [-0.2, -0.15) is 0 Å². The first-order chi connectivity index (χ1) is 11.6. The number of hydrogen-bond acceptors (Lipinski definition) is 3. The molecule has 0 atom stereocenters. The smallest absolute Gasteiger partial charge is 0.238 e. The first-order valence-electron chi connectivity index (χ1n) is 8.72. The van der Waals surface area contributed by atoms with E-state index in [0.717, 1.165) is 36.1 Å². The summed E-state index contributed by atoms with van der Waals surface area (Å²) in [6, 6.07) is 8.02. The predicted octanol–water partition coefficient (Wildman–Crippen LogP) is 3.84. The Morgan fingerprint density at radius 3 is 2.77 bits per heavy atom. The summed E-state index contributed by atoms with van der Waals surface area (Å²) in [7, 11) is 0. The zero-order valence-electron chi connectivity index (χ0n) is 15.3. The Labute approximate surface area is 167 Å². The van der Waals surface area contributed by atoms with Gasteiger partial charge in [0.2, 0.25) is 5.91 Å². The third-order valence-corrected chi connectivity index (χ3v) is 4.24. The van der Waals surface area contributed by atoms with E-state index in [1.165, 1.54) is 12.8 Å². The molecule has 0 bridgehead atoms. The van der Waals surface area contributed by atoms with E-state index < -0.39 is 0 Å². The summed E-state index contributed by atoms with van der Waals surface area (Å²) in [6.45, 7) is 6.37. The summed E-state index contributed by atoms with van der Waals surface area (Å²) >= 11 is 0. The second-order valence-corrected chi connectivity index (χ2v) is 6.89. The quantitative estimate of drug-likeness (QED) is 0.709. The fourth-order valence-electron chi connectivity index (χ4n) is 2.82. The molecule has 3 rings (SSSR count). The highest BCUT2D eigenvalue weighted by Gasteiger charge is 2.20. The number of halogens is 2. The van der Waals surface area contributed by atoms with E-state index in [1.807, 2.05) is 30.6 Å². The number of nitrogens with one attached hydrogen (secondary N) is 2. The van der Waals surface area contributed by atoms with E-state index in [9.17, 15) is 4.79 Å². The van der Waals surface area contributed by atoms with Gasteiger partial charge in [-0.05, 0) is 43.0 Å². The van der Waals surface area contributed by atoms with Gasteiger partial charge in [-0.1, -0.05) is 26.0 Å². The lowest BCUT2D eigenvalue weighted by Crippen LogP contribution is -2.29. The minimum Gasteiger partial charge on any atom is -0.330 e. The van der Waals surface area contributed by atoms with Crippen molar-refractivity contribution in [3.63, 3.8) is 0 Å². The number of anilines is 1. The fraction of sp³-hybridized carbons (Fsp3) is 0.474. The van der Waals surface area contributed by atoms with E-state index in [2.05, 4.69) is 40.1 Å². The third-order valence-electron chi connectivity index (χ3n) is 4.24. The van der Waals surface area contributed by atoms with Crippen molar-refractivity contribution >= 4 is 36.4 Å². The van der Waals surface area contributed by atoms with Crippen LogP contribution in [-0.4, -0.2) is 28.5 Å². The van der Waals surface area contributed by atoms with Gasteiger partial charge in [0.15, 0.2) is 0 Å². The van der Waals surface area contributed by atoms with Crippen molar-refractivity contribution in [2.24, 2.45) is 5.92 Å². The van der Waals surface area contributed by atoms with Gasteiger partial charge in [0.1, 0.15) is 5.82 Å². The first kappa shape index (κ1) is 22.5. The second-order valence-electron chi connectivity index (χ2n) is 6.89. The van der Waals surface area contributed by atoms with E-state index in [1.54, 1.807) is 0 Å². The van der Waals surface area contributed by atoms with Gasteiger partial charge < -0.3 is 15.2 Å². The Hall–Kier alpha value is -1.56. The number of imidazole rings is 1. The molecular formula is C19H28Cl2N4O. The normalized spacial score (nSPS) is 13.0. The van der Waals surface area contributed by atoms with Gasteiger partial charge >= 0.3 is 0 Å². The lowest BCUT2D eigenvalue weighted by atomic mass is 10.1. The molecule has 7 heteroatoms. The molecule has 1 fully saturated rings. The van der Waals surface area contributed by atoms with Crippen LogP contribution in [0.1, 0.15) is 44.0 Å². The van der Waals surface area contributed by atoms with Crippen LogP contribution in [0.2, 0.25) is 0 Å². The molecule has 1 aliphatic rings. The fourth-order valence-corrected chi connectivity index (χ4v) is 2.82. The Morgan fingerprint density at radius 1 is 1.31 bits per heavy atom. The third kappa shape index (κ3) is 6.63. The maximum atomic E-state index is 12.0. The van der Waals surface area contributed by atoms with Gasteiger partial charge in [-0.15, -0.1) is 24.8 Å². The van der Waals surface area contributed by atoms with Gasteiger partial charge in [0, 0.05) is 30.5 Å². The van der Waals surface area contributed by atoms with Gasteiger partial charge in [0.25, 0.3) is 0 Å². The number of benzene rings is 1. The molecule has 144 valence electrons. The van der Waals surface area contributed by atoms with Crippen molar-refractivity contribution in [2.75, 3.05) is 18.4 Å². The Balaban J connectivity index is 0.00000169. The van der Waals surface area contributed by atoms with Crippen LogP contribution in [0.15, 0.2) is 36.7 Å². The number of carbonyl (C=O) groups excluding carboxylic acids is 1. The summed E-state index contributed by atoms with van der Waals surface area (Å²) in [5, 5.41) is 6.18. The second kappa shape index (κ2) is 10.6. The number of nitrogens with zero attached hydrogens (tertiary/aromatic N) is 2. The van der Waals surface area contributed by atoms with Crippen molar-refractivity contribution in [1.29, 1.82) is 0 Å². The number of hydrogen-bond donors (Lipinski definition) is 2. The molecule has 1 aromatic carbocycles. The van der Waals surface area contributed by atoms with Crippen molar-refractivity contribution in [3.05, 3.63) is 48.0 Å². The van der Waals surface area contributed by atoms with Crippen LogP contribution < -0.4 is 10.6 Å². The molecule has 26 heavy (non-hydrogen) atoms. The lowest BCUT2D eigenvalue weighted by Gasteiger charge is -2.12. The Morgan fingerprint density at radius 2 is 2.08 bits per heavy atom. The summed E-state index contributed by atoms with van der Waals surface area (Å²) in [5.74, 6) is 2.26. The van der Waals surface area contributed by atoms with Crippen LogP contribution >= 0.6 is 24.8 Å². The summed E-state index contributed by atoms with van der Waals surface area (Å²) in [5.41, 5.74) is 2.00. The van der Waals surface area contributed by atoms with Crippen LogP contribution in [0.4, 0.5) is 5.69 Å². The molecule has 2 N–H and O–H groups in total. The standard InChI is InChI=1S/C19H26N4O.2ClH/c1-14(2)19-21-8-9-23(19)13-16-4-3-5-17(10-16)22-18(24)12-20-11-15-6-7-15;;/h3-5,8-10,14-15,20H,6-7,11-13H2,1-2H3,(H,22,24);2*1H. The molecule has 0 spiro atoms. The van der Waals surface area contributed by atoms with E-state index in [-0.39, 0.29) is 30.7 Å². The van der Waals surface area contributed by atoms with Crippen LogP contribution in [0.25, 0.3) is 0 Å². The highest BCUT2D eigenvalue weighted by molar-refractivity contribution is 5.92. The van der Waals surface area contributed by atoms with Crippen molar-refractivity contribution in [1.82, 2.24) is 14.9 Å². The number of aromatic nitrogens is 2. The van der Waals surface area contributed by atoms with Crippen LogP contribution in [-0.2, 0) is 11.3 Å². The maximum absolute atomic E-state index is 12.0. The van der Waals surface area contributed by atoms with Crippen LogP contribution in [0, 0.1) is 5.92 Å². The number of rotatable bonds is 8. The molecule has 0 saturated heterocycles. The molecule has 1 heterocycles. The molecule has 0 radical (unpaired) electrons. The highest BCUT2D eigenvalue weighted by Crippen LogP contribution is 2.27. The van der Waals surface area contributed by atoms with E-state index >= 15 is 0 Å². The highest BCUT2D eigenvalue weighted by atomic mass is 35.5. The molecule has 1 saturated carbocycles. The zero-order valence-corrected chi connectivity index (χ0v) is 16.9. The molecule has 5 nitrogen and oxygen atoms in total. The molecule has 1 aromatic heterocycles. The summed E-state index contributed by atoms with van der Waals surface area (Å²) < 4.78 is 2.16. The van der Waals surface area contributed by atoms with Crippen molar-refractivity contribution in [2.45, 2.75) is 39.2 Å². The topological polar surface area (TPSA) is 59.0 Å². The number of amides is 1. The minimum atomic E-state index is 0. The Kier molecular flexibility index (Phi) is 9.13. The monoisotopic (exact) mass is 398 g/mol. The molecule has 1 amide bonds. The number of carbonyl (C=O) groups is 1. The average Bonchev–Trinajstić information content (AvgIpc) is 3.24. The zero-order chi connectivity index (χ0) is 16.9. The molecule has 1 aliphatic carbocycles. The largest absolute Gasteiger partial charge is 0.330 e. The minimum absolute atomic E-state index is 0. The van der Waals surface area contributed by atoms with E-state index in [4.69, 9.17) is 0 Å². The Bertz CT molecular complexity index is 698. The summed E-state index contributed by atoms with van der Waals surface area (Å²) in [6.07, 6.45) is 6.43. The summed E-state index contributed by atoms with van der Waals surface area (Å²) in [4.78, 5) is 16.4. The molecular weight excluding hydrogens is 371 g/mol. The predicted molar refractivity (Wildman–Crippen MR) is 111 cm³/mol. The van der Waals surface area contributed by atoms with Crippen molar-refractivity contribution < 1.29 is 4.79 Å². The average molecular weight is 399 g/mol. The molecule has 0 unspecified atom stereocenters. The van der Waals surface area contributed by atoms with Crippen LogP contribution in [0.3, 0.4) is 0 Å². The van der Waals surface area contributed by atoms with Gasteiger partial charge in [-0.25, -0.2) is 4.98 Å². The molecule has 2 aromatic rings. The maximum Gasteiger partial charge on any atom is 0.238 e. The SMILES string of the molecule is CC(C)c1nccn1Cc1cccc(NC(=O)CNCC2CC2)c1.Cl.Cl. The van der Waals surface area contributed by atoms with Crippen LogP contribution in [0.5, 0.6) is 0 Å². The lowest BCUT2D eigenvalue weighted by molar-refractivity contribution is -0.115.